The topological polar surface area (TPSA) is 90.5 Å². The molecule has 0 aliphatic rings. The van der Waals surface area contributed by atoms with Crippen LogP contribution in [0.2, 0.25) is 0 Å². The number of hydrogen-bond donors (Lipinski definition) is 3. The van der Waals surface area contributed by atoms with Crippen molar-refractivity contribution in [1.29, 1.82) is 0 Å². The lowest BCUT2D eigenvalue weighted by Crippen LogP contribution is -2.40. The molecule has 0 aromatic heterocycles. The lowest BCUT2D eigenvalue weighted by molar-refractivity contribution is -0.136. The van der Waals surface area contributed by atoms with Gasteiger partial charge in [-0.25, -0.2) is 0 Å². The summed E-state index contributed by atoms with van der Waals surface area (Å²) in [4.78, 5) is 36.8. The molecule has 0 bridgehead atoms. The third kappa shape index (κ3) is 6.92. The van der Waals surface area contributed by atoms with E-state index in [1.165, 1.54) is 6.92 Å². The van der Waals surface area contributed by atoms with Crippen LogP contribution in [0.3, 0.4) is 0 Å². The van der Waals surface area contributed by atoms with Crippen molar-refractivity contribution >= 4 is 29.1 Å². The van der Waals surface area contributed by atoms with Gasteiger partial charge < -0.3 is 20.9 Å². The SMILES string of the molecule is CCN(CC)CCNC(=O)C(=O)Nc1cccc(NC(C)=O)c1. The molecule has 0 saturated carbocycles. The van der Waals surface area contributed by atoms with E-state index in [4.69, 9.17) is 0 Å². The molecule has 126 valence electrons. The monoisotopic (exact) mass is 320 g/mol. The molecule has 3 amide bonds. The van der Waals surface area contributed by atoms with E-state index in [9.17, 15) is 14.4 Å². The molecule has 0 spiro atoms. The molecule has 0 aliphatic heterocycles. The van der Waals surface area contributed by atoms with Crippen molar-refractivity contribution in [3.63, 3.8) is 0 Å². The van der Waals surface area contributed by atoms with Crippen molar-refractivity contribution < 1.29 is 14.4 Å². The highest BCUT2D eigenvalue weighted by Gasteiger charge is 2.13. The molecule has 0 saturated heterocycles. The molecule has 23 heavy (non-hydrogen) atoms. The number of carbonyl (C=O) groups excluding carboxylic acids is 3. The zero-order chi connectivity index (χ0) is 17.2. The van der Waals surface area contributed by atoms with E-state index in [1.807, 2.05) is 13.8 Å². The maximum atomic E-state index is 11.8. The zero-order valence-corrected chi connectivity index (χ0v) is 13.8. The third-order valence-corrected chi connectivity index (χ3v) is 3.26. The predicted molar refractivity (Wildman–Crippen MR) is 90.2 cm³/mol. The van der Waals surface area contributed by atoms with E-state index < -0.39 is 11.8 Å². The van der Waals surface area contributed by atoms with E-state index in [1.54, 1.807) is 24.3 Å². The first-order valence-electron chi connectivity index (χ1n) is 7.65. The molecule has 0 aliphatic carbocycles. The van der Waals surface area contributed by atoms with Gasteiger partial charge in [-0.15, -0.1) is 0 Å². The maximum absolute atomic E-state index is 11.8. The van der Waals surface area contributed by atoms with Crippen LogP contribution in [0.5, 0.6) is 0 Å². The van der Waals surface area contributed by atoms with Crippen LogP contribution in [0, 0.1) is 0 Å². The van der Waals surface area contributed by atoms with Gasteiger partial charge in [-0.05, 0) is 31.3 Å². The Kier molecular flexibility index (Phi) is 7.76. The second-order valence-electron chi connectivity index (χ2n) is 5.00. The van der Waals surface area contributed by atoms with Crippen LogP contribution in [-0.2, 0) is 14.4 Å². The fourth-order valence-electron chi connectivity index (χ4n) is 2.01. The van der Waals surface area contributed by atoms with E-state index in [0.717, 1.165) is 13.1 Å². The van der Waals surface area contributed by atoms with Crippen LogP contribution in [0.15, 0.2) is 24.3 Å². The average Bonchev–Trinajstić information content (AvgIpc) is 2.51. The Morgan fingerprint density at radius 3 is 2.17 bits per heavy atom. The van der Waals surface area contributed by atoms with Crippen LogP contribution in [0.1, 0.15) is 20.8 Å². The number of benzene rings is 1. The molecule has 7 nitrogen and oxygen atoms in total. The van der Waals surface area contributed by atoms with Gasteiger partial charge in [0.2, 0.25) is 5.91 Å². The van der Waals surface area contributed by atoms with Crippen LogP contribution in [0.4, 0.5) is 11.4 Å². The average molecular weight is 320 g/mol. The molecular weight excluding hydrogens is 296 g/mol. The van der Waals surface area contributed by atoms with Gasteiger partial charge in [0.25, 0.3) is 0 Å². The second-order valence-corrected chi connectivity index (χ2v) is 5.00. The molecule has 7 heteroatoms. The molecule has 0 radical (unpaired) electrons. The Hall–Kier alpha value is -2.41. The Morgan fingerprint density at radius 1 is 1.00 bits per heavy atom. The molecule has 0 heterocycles. The summed E-state index contributed by atoms with van der Waals surface area (Å²) in [6, 6.07) is 6.61. The highest BCUT2D eigenvalue weighted by molar-refractivity contribution is 6.39. The number of anilines is 2. The largest absolute Gasteiger partial charge is 0.347 e. The smallest absolute Gasteiger partial charge is 0.313 e. The van der Waals surface area contributed by atoms with E-state index >= 15 is 0 Å². The van der Waals surface area contributed by atoms with Gasteiger partial charge in [0.15, 0.2) is 0 Å². The van der Waals surface area contributed by atoms with E-state index in [0.29, 0.717) is 24.5 Å². The summed E-state index contributed by atoms with van der Waals surface area (Å²) in [5.74, 6) is -1.62. The van der Waals surface area contributed by atoms with E-state index in [-0.39, 0.29) is 5.91 Å². The Bertz CT molecular complexity index is 556. The number of carbonyl (C=O) groups is 3. The number of likely N-dealkylation sites (N-methyl/N-ethyl adjacent to an activating group) is 1. The quantitative estimate of drug-likeness (QED) is 0.655. The summed E-state index contributed by atoms with van der Waals surface area (Å²) in [6.07, 6.45) is 0. The fourth-order valence-corrected chi connectivity index (χ4v) is 2.01. The van der Waals surface area contributed by atoms with Crippen molar-refractivity contribution in [2.75, 3.05) is 36.8 Å². The molecular formula is C16H24N4O3. The summed E-state index contributed by atoms with van der Waals surface area (Å²) < 4.78 is 0. The minimum absolute atomic E-state index is 0.206. The summed E-state index contributed by atoms with van der Waals surface area (Å²) in [6.45, 7) is 8.39. The predicted octanol–water partition coefficient (Wildman–Crippen LogP) is 1.04. The van der Waals surface area contributed by atoms with Gasteiger partial charge in [-0.1, -0.05) is 19.9 Å². The molecule has 0 unspecified atom stereocenters. The Morgan fingerprint density at radius 2 is 1.61 bits per heavy atom. The normalized spacial score (nSPS) is 10.3. The standard InChI is InChI=1S/C16H24N4O3/c1-4-20(5-2)10-9-17-15(22)16(23)19-14-8-6-7-13(11-14)18-12(3)21/h6-8,11H,4-5,9-10H2,1-3H3,(H,17,22)(H,18,21)(H,19,23). The summed E-state index contributed by atoms with van der Waals surface area (Å²) in [5, 5.41) is 7.70. The third-order valence-electron chi connectivity index (χ3n) is 3.26. The first kappa shape index (κ1) is 18.6. The molecule has 1 aromatic carbocycles. The molecule has 1 aromatic rings. The number of nitrogens with one attached hydrogen (secondary N) is 3. The summed E-state index contributed by atoms with van der Waals surface area (Å²) >= 11 is 0. The van der Waals surface area contributed by atoms with Crippen molar-refractivity contribution in [3.05, 3.63) is 24.3 Å². The first-order valence-corrected chi connectivity index (χ1v) is 7.65. The van der Waals surface area contributed by atoms with Gasteiger partial charge in [0, 0.05) is 31.4 Å². The van der Waals surface area contributed by atoms with Crippen molar-refractivity contribution in [3.8, 4) is 0 Å². The first-order chi connectivity index (χ1) is 11.0. The minimum Gasteiger partial charge on any atom is -0.347 e. The van der Waals surface area contributed by atoms with Crippen LogP contribution >= 0.6 is 0 Å². The number of amides is 3. The second kappa shape index (κ2) is 9.58. The summed E-state index contributed by atoms with van der Waals surface area (Å²) in [7, 11) is 0. The van der Waals surface area contributed by atoms with Crippen molar-refractivity contribution in [2.24, 2.45) is 0 Å². The molecule has 0 atom stereocenters. The number of rotatable bonds is 7. The van der Waals surface area contributed by atoms with Crippen LogP contribution < -0.4 is 16.0 Å². The molecule has 0 fully saturated rings. The van der Waals surface area contributed by atoms with Gasteiger partial charge >= 0.3 is 11.8 Å². The minimum atomic E-state index is -0.732. The molecule has 3 N–H and O–H groups in total. The van der Waals surface area contributed by atoms with Gasteiger partial charge in [-0.2, -0.15) is 0 Å². The van der Waals surface area contributed by atoms with Gasteiger partial charge in [-0.3, -0.25) is 14.4 Å². The zero-order valence-electron chi connectivity index (χ0n) is 13.8. The van der Waals surface area contributed by atoms with Gasteiger partial charge in [0.05, 0.1) is 0 Å². The number of hydrogen-bond acceptors (Lipinski definition) is 4. The Labute approximate surface area is 136 Å². The van der Waals surface area contributed by atoms with Crippen LogP contribution in [-0.4, -0.2) is 48.8 Å². The fraction of sp³-hybridized carbons (Fsp3) is 0.438. The van der Waals surface area contributed by atoms with Crippen LogP contribution in [0.25, 0.3) is 0 Å². The van der Waals surface area contributed by atoms with Crippen molar-refractivity contribution in [2.45, 2.75) is 20.8 Å². The lowest BCUT2D eigenvalue weighted by atomic mass is 10.2. The number of nitrogens with zero attached hydrogens (tertiary/aromatic N) is 1. The van der Waals surface area contributed by atoms with E-state index in [2.05, 4.69) is 20.9 Å². The highest BCUT2D eigenvalue weighted by Crippen LogP contribution is 2.14. The lowest BCUT2D eigenvalue weighted by Gasteiger charge is -2.17. The molecule has 1 rings (SSSR count). The van der Waals surface area contributed by atoms with Crippen molar-refractivity contribution in [1.82, 2.24) is 10.2 Å². The highest BCUT2D eigenvalue weighted by atomic mass is 16.2. The summed E-state index contributed by atoms with van der Waals surface area (Å²) in [5.41, 5.74) is 0.998. The maximum Gasteiger partial charge on any atom is 0.313 e. The van der Waals surface area contributed by atoms with Gasteiger partial charge in [0.1, 0.15) is 0 Å². The Balaban J connectivity index is 2.48.